The van der Waals surface area contributed by atoms with Gasteiger partial charge in [-0.15, -0.1) is 0 Å². The Morgan fingerprint density at radius 1 is 1.00 bits per heavy atom. The van der Waals surface area contributed by atoms with Gasteiger partial charge in [0.15, 0.2) is 0 Å². The molecule has 1 rings (SSSR count). The van der Waals surface area contributed by atoms with E-state index in [0.717, 1.165) is 11.1 Å². The molecule has 0 unspecified atom stereocenters. The van der Waals surface area contributed by atoms with Gasteiger partial charge in [0.05, 0.1) is 0 Å². The van der Waals surface area contributed by atoms with Gasteiger partial charge in [-0.1, -0.05) is 24.3 Å². The molecule has 6 heteroatoms. The average Bonchev–Trinajstić information content (AvgIpc) is 2.24. The number of hydrogen-bond donors (Lipinski definition) is 2. The van der Waals surface area contributed by atoms with Crippen LogP contribution in [0.4, 0.5) is 9.59 Å². The molecule has 0 radical (unpaired) electrons. The van der Waals surface area contributed by atoms with Crippen molar-refractivity contribution in [2.45, 2.75) is 13.1 Å². The lowest BCUT2D eigenvalue weighted by Gasteiger charge is -2.09. The molecule has 0 fully saturated rings. The van der Waals surface area contributed by atoms with Crippen molar-refractivity contribution in [3.05, 3.63) is 35.4 Å². The number of carbonyl (C=O) groups excluding carboxylic acids is 2. The maximum atomic E-state index is 10.2. The predicted molar refractivity (Wildman–Crippen MR) is 50.9 cm³/mol. The summed E-state index contributed by atoms with van der Waals surface area (Å²) in [5.41, 5.74) is 1.45. The second-order valence-corrected chi connectivity index (χ2v) is 3.10. The van der Waals surface area contributed by atoms with Crippen molar-refractivity contribution in [1.82, 2.24) is 10.6 Å². The van der Waals surface area contributed by atoms with Gasteiger partial charge in [0.1, 0.15) is 12.2 Å². The number of hydrogen-bond acceptors (Lipinski definition) is 4. The average molecular weight is 222 g/mol. The van der Waals surface area contributed by atoms with Crippen LogP contribution in [0, 0.1) is 0 Å². The summed E-state index contributed by atoms with van der Waals surface area (Å²) in [6, 6.07) is 6.83. The number of amides is 2. The smallest absolute Gasteiger partial charge is 0.134 e. The highest BCUT2D eigenvalue weighted by Gasteiger charge is 1.96. The minimum absolute atomic E-state index is 0.126. The van der Waals surface area contributed by atoms with E-state index in [-0.39, 0.29) is 13.1 Å². The van der Waals surface area contributed by atoms with E-state index in [1.165, 1.54) is 0 Å². The van der Waals surface area contributed by atoms with Crippen LogP contribution in [-0.2, 0) is 13.1 Å². The molecular weight excluding hydrogens is 212 g/mol. The summed E-state index contributed by atoms with van der Waals surface area (Å²) in [5, 5.41) is 24.5. The molecule has 0 aromatic heterocycles. The van der Waals surface area contributed by atoms with Gasteiger partial charge >= 0.3 is 0 Å². The van der Waals surface area contributed by atoms with Crippen LogP contribution in [0.5, 0.6) is 0 Å². The van der Waals surface area contributed by atoms with Gasteiger partial charge in [0.25, 0.3) is 0 Å². The van der Waals surface area contributed by atoms with Crippen LogP contribution in [0.15, 0.2) is 24.3 Å². The predicted octanol–water partition coefficient (Wildman–Crippen LogP) is -1.45. The molecule has 0 spiro atoms. The number of carbonyl (C=O) groups is 2. The van der Waals surface area contributed by atoms with E-state index >= 15 is 0 Å². The molecule has 2 amide bonds. The zero-order valence-electron chi connectivity index (χ0n) is 8.36. The first kappa shape index (κ1) is 11.8. The zero-order valence-corrected chi connectivity index (χ0v) is 8.36. The van der Waals surface area contributed by atoms with Crippen molar-refractivity contribution in [3.8, 4) is 0 Å². The van der Waals surface area contributed by atoms with Crippen LogP contribution in [0.1, 0.15) is 11.1 Å². The van der Waals surface area contributed by atoms with E-state index in [4.69, 9.17) is 0 Å². The normalized spacial score (nSPS) is 9.50. The van der Waals surface area contributed by atoms with Crippen molar-refractivity contribution in [2.24, 2.45) is 0 Å². The topological polar surface area (TPSA) is 104 Å². The SMILES string of the molecule is O=C([O-])NCc1cccc(CNC(=O)[O-])c1. The number of carboxylic acid groups (broad SMARTS) is 2. The molecule has 0 saturated heterocycles. The second kappa shape index (κ2) is 5.59. The Bertz CT molecular complexity index is 359. The fourth-order valence-electron chi connectivity index (χ4n) is 1.20. The van der Waals surface area contributed by atoms with Crippen LogP contribution in [-0.4, -0.2) is 12.2 Å². The number of nitrogens with one attached hydrogen (secondary N) is 2. The molecular formula is C10H10N2O4-2. The molecule has 1 aromatic carbocycles. The summed E-state index contributed by atoms with van der Waals surface area (Å²) in [4.78, 5) is 20.3. The summed E-state index contributed by atoms with van der Waals surface area (Å²) in [6.07, 6.45) is -2.70. The Morgan fingerprint density at radius 2 is 1.44 bits per heavy atom. The summed E-state index contributed by atoms with van der Waals surface area (Å²) >= 11 is 0. The number of rotatable bonds is 4. The lowest BCUT2D eigenvalue weighted by Crippen LogP contribution is -2.36. The third-order valence-electron chi connectivity index (χ3n) is 1.87. The Balaban J connectivity index is 2.56. The summed E-state index contributed by atoms with van der Waals surface area (Å²) in [5.74, 6) is 0. The molecule has 1 aromatic rings. The first-order valence-electron chi connectivity index (χ1n) is 4.55. The Labute approximate surface area is 91.9 Å². The molecule has 0 aliphatic carbocycles. The molecule has 2 N–H and O–H groups in total. The van der Waals surface area contributed by atoms with Crippen LogP contribution < -0.4 is 20.8 Å². The minimum Gasteiger partial charge on any atom is -0.530 e. The Morgan fingerprint density at radius 3 is 1.81 bits per heavy atom. The molecule has 0 saturated carbocycles. The number of benzene rings is 1. The van der Waals surface area contributed by atoms with Gasteiger partial charge in [-0.2, -0.15) is 0 Å². The second-order valence-electron chi connectivity index (χ2n) is 3.10. The van der Waals surface area contributed by atoms with E-state index in [1.807, 2.05) is 0 Å². The highest BCUT2D eigenvalue weighted by Crippen LogP contribution is 2.04. The largest absolute Gasteiger partial charge is 0.530 e. The standard InChI is InChI=1S/C10H12N2O4/c13-9(14)11-5-7-2-1-3-8(4-7)6-12-10(15)16/h1-4,11-12H,5-6H2,(H,13,14)(H,15,16)/p-2. The third kappa shape index (κ3) is 4.32. The molecule has 0 aliphatic heterocycles. The zero-order chi connectivity index (χ0) is 12.0. The van der Waals surface area contributed by atoms with E-state index < -0.39 is 12.2 Å². The van der Waals surface area contributed by atoms with Gasteiger partial charge in [-0.05, 0) is 11.1 Å². The van der Waals surface area contributed by atoms with Crippen molar-refractivity contribution in [1.29, 1.82) is 0 Å². The maximum Gasteiger partial charge on any atom is 0.134 e. The lowest BCUT2D eigenvalue weighted by molar-refractivity contribution is -0.252. The molecule has 6 nitrogen and oxygen atoms in total. The van der Waals surface area contributed by atoms with Crippen molar-refractivity contribution in [2.75, 3.05) is 0 Å². The van der Waals surface area contributed by atoms with Crippen LogP contribution in [0.2, 0.25) is 0 Å². The first-order chi connectivity index (χ1) is 7.58. The molecule has 0 bridgehead atoms. The van der Waals surface area contributed by atoms with Gasteiger partial charge in [-0.3, -0.25) is 0 Å². The van der Waals surface area contributed by atoms with Crippen molar-refractivity contribution < 1.29 is 19.8 Å². The van der Waals surface area contributed by atoms with Crippen molar-refractivity contribution >= 4 is 12.2 Å². The maximum absolute atomic E-state index is 10.2. The first-order valence-corrected chi connectivity index (χ1v) is 4.55. The molecule has 86 valence electrons. The Kier molecular flexibility index (Phi) is 4.14. The fraction of sp³-hybridized carbons (Fsp3) is 0.200. The minimum atomic E-state index is -1.35. The van der Waals surface area contributed by atoms with Gasteiger partial charge in [0, 0.05) is 13.1 Å². The van der Waals surface area contributed by atoms with Crippen LogP contribution >= 0.6 is 0 Å². The molecule has 0 heterocycles. The van der Waals surface area contributed by atoms with Crippen LogP contribution in [0.25, 0.3) is 0 Å². The molecule has 0 aliphatic rings. The van der Waals surface area contributed by atoms with E-state index in [0.29, 0.717) is 0 Å². The quantitative estimate of drug-likeness (QED) is 0.650. The highest BCUT2D eigenvalue weighted by molar-refractivity contribution is 5.62. The summed E-state index contributed by atoms with van der Waals surface area (Å²) < 4.78 is 0. The van der Waals surface area contributed by atoms with Gasteiger partial charge in [0.2, 0.25) is 0 Å². The van der Waals surface area contributed by atoms with E-state index in [1.54, 1.807) is 24.3 Å². The van der Waals surface area contributed by atoms with E-state index in [2.05, 4.69) is 10.6 Å². The van der Waals surface area contributed by atoms with Crippen LogP contribution in [0.3, 0.4) is 0 Å². The monoisotopic (exact) mass is 222 g/mol. The lowest BCUT2D eigenvalue weighted by atomic mass is 10.1. The van der Waals surface area contributed by atoms with E-state index in [9.17, 15) is 19.8 Å². The van der Waals surface area contributed by atoms with Gasteiger partial charge in [-0.25, -0.2) is 0 Å². The van der Waals surface area contributed by atoms with Gasteiger partial charge < -0.3 is 30.4 Å². The fourth-order valence-corrected chi connectivity index (χ4v) is 1.20. The molecule has 16 heavy (non-hydrogen) atoms. The third-order valence-corrected chi connectivity index (χ3v) is 1.87. The summed E-state index contributed by atoms with van der Waals surface area (Å²) in [7, 11) is 0. The molecule has 0 atom stereocenters. The highest BCUT2D eigenvalue weighted by atomic mass is 16.4. The Hall–Kier alpha value is -2.24. The van der Waals surface area contributed by atoms with Crippen molar-refractivity contribution in [3.63, 3.8) is 0 Å². The summed E-state index contributed by atoms with van der Waals surface area (Å²) in [6.45, 7) is 0.253.